The molecule has 1 N–H and O–H groups in total. The Morgan fingerprint density at radius 2 is 1.81 bits per heavy atom. The van der Waals surface area contributed by atoms with Crippen LogP contribution in [0.2, 0.25) is 0 Å². The summed E-state index contributed by atoms with van der Waals surface area (Å²) in [5.41, 5.74) is 2.58. The third kappa shape index (κ3) is 4.56. The van der Waals surface area contributed by atoms with Gasteiger partial charge in [-0.3, -0.25) is 4.79 Å². The Hall–Kier alpha value is -2.63. The minimum atomic E-state index is -0.514. The van der Waals surface area contributed by atoms with Gasteiger partial charge in [0.1, 0.15) is 5.56 Å². The average Bonchev–Trinajstić information content (AvgIpc) is 2.97. The number of nitrogens with one attached hydrogen (secondary N) is 1. The van der Waals surface area contributed by atoms with Crippen LogP contribution in [0.15, 0.2) is 30.3 Å². The molecule has 27 heavy (non-hydrogen) atoms. The van der Waals surface area contributed by atoms with Crippen molar-refractivity contribution in [2.75, 3.05) is 6.61 Å². The van der Waals surface area contributed by atoms with E-state index in [1.807, 2.05) is 37.3 Å². The Bertz CT molecular complexity index is 806. The molecule has 1 saturated carbocycles. The molecule has 1 aliphatic carbocycles. The number of carbonyl (C=O) groups is 2. The number of amides is 1. The second-order valence-corrected chi connectivity index (χ2v) is 7.39. The molecule has 1 aromatic carbocycles. The van der Waals surface area contributed by atoms with E-state index < -0.39 is 5.97 Å². The molecule has 1 fully saturated rings. The molecular weight excluding hydrogens is 342 g/mol. The lowest BCUT2D eigenvalue weighted by atomic mass is 9.87. The van der Waals surface area contributed by atoms with Crippen molar-refractivity contribution < 1.29 is 14.3 Å². The highest BCUT2D eigenvalue weighted by Crippen LogP contribution is 2.23. The van der Waals surface area contributed by atoms with E-state index in [2.05, 4.69) is 17.3 Å². The summed E-state index contributed by atoms with van der Waals surface area (Å²) in [7, 11) is 0. The number of nitrogens with zero attached hydrogens (tertiary/aromatic N) is 2. The summed E-state index contributed by atoms with van der Waals surface area (Å²) >= 11 is 0. The van der Waals surface area contributed by atoms with Crippen LogP contribution in [0.4, 0.5) is 0 Å². The number of aromatic nitrogens is 2. The van der Waals surface area contributed by atoms with Gasteiger partial charge in [0.25, 0.3) is 5.91 Å². The molecule has 6 nitrogen and oxygen atoms in total. The molecule has 0 spiro atoms. The van der Waals surface area contributed by atoms with Gasteiger partial charge in [-0.25, -0.2) is 9.48 Å². The van der Waals surface area contributed by atoms with Gasteiger partial charge in [-0.05, 0) is 57.6 Å². The van der Waals surface area contributed by atoms with Gasteiger partial charge in [-0.2, -0.15) is 5.10 Å². The molecule has 1 heterocycles. The molecule has 144 valence electrons. The number of aryl methyl sites for hydroxylation is 1. The number of benzene rings is 1. The molecule has 0 unspecified atom stereocenters. The van der Waals surface area contributed by atoms with E-state index in [1.165, 1.54) is 0 Å². The van der Waals surface area contributed by atoms with Crippen LogP contribution in [-0.2, 0) is 9.53 Å². The van der Waals surface area contributed by atoms with Crippen molar-refractivity contribution >= 4 is 11.9 Å². The molecule has 1 aliphatic rings. The summed E-state index contributed by atoms with van der Waals surface area (Å²) in [5, 5.41) is 7.41. The molecule has 0 atom stereocenters. The summed E-state index contributed by atoms with van der Waals surface area (Å²) in [6, 6.07) is 9.80. The predicted octanol–water partition coefficient (Wildman–Crippen LogP) is 3.34. The van der Waals surface area contributed by atoms with E-state index >= 15 is 0 Å². The predicted molar refractivity (Wildman–Crippen MR) is 103 cm³/mol. The van der Waals surface area contributed by atoms with Crippen molar-refractivity contribution in [1.82, 2.24) is 15.1 Å². The van der Waals surface area contributed by atoms with Crippen molar-refractivity contribution in [3.63, 3.8) is 0 Å². The molecule has 0 aliphatic heterocycles. The second-order valence-electron chi connectivity index (χ2n) is 7.39. The summed E-state index contributed by atoms with van der Waals surface area (Å²) in [6.07, 6.45) is 4.23. The highest BCUT2D eigenvalue weighted by molar-refractivity contribution is 5.93. The molecule has 1 amide bonds. The van der Waals surface area contributed by atoms with E-state index in [0.29, 0.717) is 17.0 Å². The minimum absolute atomic E-state index is 0.191. The SMILES string of the molecule is Cc1nn(-c2ccccc2)c(C)c1C(=O)OCC(=O)NC1CCC(C)CC1. The Labute approximate surface area is 159 Å². The zero-order chi connectivity index (χ0) is 19.4. The largest absolute Gasteiger partial charge is 0.452 e. The van der Waals surface area contributed by atoms with Crippen LogP contribution in [0.3, 0.4) is 0 Å². The fourth-order valence-corrected chi connectivity index (χ4v) is 3.64. The van der Waals surface area contributed by atoms with Gasteiger partial charge in [-0.1, -0.05) is 25.1 Å². The van der Waals surface area contributed by atoms with E-state index in [-0.39, 0.29) is 18.6 Å². The number of hydrogen-bond donors (Lipinski definition) is 1. The number of carbonyl (C=O) groups excluding carboxylic acids is 2. The number of para-hydroxylation sites is 1. The van der Waals surface area contributed by atoms with Gasteiger partial charge in [-0.15, -0.1) is 0 Å². The molecule has 6 heteroatoms. The van der Waals surface area contributed by atoms with Crippen molar-refractivity contribution in [3.05, 3.63) is 47.3 Å². The monoisotopic (exact) mass is 369 g/mol. The summed E-state index contributed by atoms with van der Waals surface area (Å²) in [5.74, 6) is -0.0312. The Morgan fingerprint density at radius 1 is 1.15 bits per heavy atom. The Balaban J connectivity index is 1.60. The van der Waals surface area contributed by atoms with Gasteiger partial charge in [0, 0.05) is 6.04 Å². The molecule has 0 saturated heterocycles. The van der Waals surface area contributed by atoms with Crippen LogP contribution in [0, 0.1) is 19.8 Å². The first-order chi connectivity index (χ1) is 13.0. The zero-order valence-corrected chi connectivity index (χ0v) is 16.2. The number of esters is 1. The van der Waals surface area contributed by atoms with E-state index in [1.54, 1.807) is 11.6 Å². The second kappa shape index (κ2) is 8.37. The number of hydrogen-bond acceptors (Lipinski definition) is 4. The maximum absolute atomic E-state index is 12.5. The van der Waals surface area contributed by atoms with Crippen LogP contribution in [-0.4, -0.2) is 34.3 Å². The molecule has 3 rings (SSSR count). The van der Waals surface area contributed by atoms with Crippen molar-refractivity contribution in [1.29, 1.82) is 0 Å². The fourth-order valence-electron chi connectivity index (χ4n) is 3.64. The highest BCUT2D eigenvalue weighted by Gasteiger charge is 2.23. The molecule has 1 aromatic heterocycles. The lowest BCUT2D eigenvalue weighted by Crippen LogP contribution is -2.39. The summed E-state index contributed by atoms with van der Waals surface area (Å²) in [4.78, 5) is 24.6. The maximum atomic E-state index is 12.5. The smallest absolute Gasteiger partial charge is 0.342 e. The number of ether oxygens (including phenoxy) is 1. The van der Waals surface area contributed by atoms with Crippen molar-refractivity contribution in [3.8, 4) is 5.69 Å². The highest BCUT2D eigenvalue weighted by atomic mass is 16.5. The third-order valence-corrected chi connectivity index (χ3v) is 5.21. The topological polar surface area (TPSA) is 73.2 Å². The average molecular weight is 369 g/mol. The van der Waals surface area contributed by atoms with Gasteiger partial charge in [0.05, 0.1) is 17.1 Å². The van der Waals surface area contributed by atoms with Crippen LogP contribution in [0.5, 0.6) is 0 Å². The molecule has 0 radical (unpaired) electrons. The normalized spacial score (nSPS) is 19.5. The molecule has 0 bridgehead atoms. The lowest BCUT2D eigenvalue weighted by Gasteiger charge is -2.26. The quantitative estimate of drug-likeness (QED) is 0.821. The lowest BCUT2D eigenvalue weighted by molar-refractivity contribution is -0.125. The number of rotatable bonds is 5. The fraction of sp³-hybridized carbons (Fsp3) is 0.476. The van der Waals surface area contributed by atoms with Crippen molar-refractivity contribution in [2.24, 2.45) is 5.92 Å². The van der Waals surface area contributed by atoms with Gasteiger partial charge in [0.15, 0.2) is 6.61 Å². The first-order valence-electron chi connectivity index (χ1n) is 9.54. The van der Waals surface area contributed by atoms with Crippen LogP contribution in [0.1, 0.15) is 54.4 Å². The minimum Gasteiger partial charge on any atom is -0.452 e. The van der Waals surface area contributed by atoms with E-state index in [9.17, 15) is 9.59 Å². The molecule has 2 aromatic rings. The zero-order valence-electron chi connectivity index (χ0n) is 16.2. The standard InChI is InChI=1S/C21H27N3O3/c1-14-9-11-17(12-10-14)22-19(25)13-27-21(26)20-15(2)23-24(16(20)3)18-7-5-4-6-8-18/h4-8,14,17H,9-13H2,1-3H3,(H,22,25). The Kier molecular flexibility index (Phi) is 5.94. The van der Waals surface area contributed by atoms with E-state index in [0.717, 1.165) is 37.3 Å². The maximum Gasteiger partial charge on any atom is 0.342 e. The van der Waals surface area contributed by atoms with Crippen LogP contribution >= 0.6 is 0 Å². The Morgan fingerprint density at radius 3 is 2.48 bits per heavy atom. The van der Waals surface area contributed by atoms with E-state index in [4.69, 9.17) is 4.74 Å². The summed E-state index contributed by atoms with van der Waals surface area (Å²) in [6.45, 7) is 5.57. The summed E-state index contributed by atoms with van der Waals surface area (Å²) < 4.78 is 6.98. The van der Waals surface area contributed by atoms with Gasteiger partial charge in [0.2, 0.25) is 0 Å². The van der Waals surface area contributed by atoms with Gasteiger partial charge < -0.3 is 10.1 Å². The van der Waals surface area contributed by atoms with Crippen LogP contribution in [0.25, 0.3) is 5.69 Å². The van der Waals surface area contributed by atoms with Gasteiger partial charge >= 0.3 is 5.97 Å². The van der Waals surface area contributed by atoms with Crippen LogP contribution < -0.4 is 5.32 Å². The third-order valence-electron chi connectivity index (χ3n) is 5.21. The first-order valence-corrected chi connectivity index (χ1v) is 9.54. The molecular formula is C21H27N3O3. The first kappa shape index (κ1) is 19.1. The van der Waals surface area contributed by atoms with Crippen molar-refractivity contribution in [2.45, 2.75) is 52.5 Å².